The highest BCUT2D eigenvalue weighted by molar-refractivity contribution is 5.97. The molecule has 11 aromatic rings. The van der Waals surface area contributed by atoms with Crippen LogP contribution in [0.4, 0.5) is 111 Å². The first kappa shape index (κ1) is 106. The largest absolute Gasteiger partial charge is 0.573 e. The van der Waals surface area contributed by atoms with Crippen LogP contribution in [0.3, 0.4) is 0 Å². The monoisotopic (exact) mass is 1940 g/mol. The number of carbonyl (C=O) groups excluding carboxylic acids is 5. The van der Waals surface area contributed by atoms with Gasteiger partial charge in [0.1, 0.15) is 46.3 Å². The second kappa shape index (κ2) is 44.5. The number of likely N-dealkylation sites (tertiary alicyclic amines) is 1. The van der Waals surface area contributed by atoms with Crippen LogP contribution in [0.15, 0.2) is 261 Å². The maximum Gasteiger partial charge on any atom is 0.573 e. The van der Waals surface area contributed by atoms with E-state index in [2.05, 4.69) is 47.4 Å². The quantitative estimate of drug-likeness (QED) is 0.0158. The molecule has 1 fully saturated rings. The fraction of sp³-hybridized carbons (Fsp3) is 0.255. The molecule has 728 valence electrons. The Balaban J connectivity index is 0.000000230. The summed E-state index contributed by atoms with van der Waals surface area (Å²) in [5, 5.41) is 13.1. The molecule has 0 aromatic heterocycles. The van der Waals surface area contributed by atoms with Gasteiger partial charge in [0.25, 0.3) is 17.7 Å². The van der Waals surface area contributed by atoms with Crippen molar-refractivity contribution in [1.29, 1.82) is 0 Å². The predicted octanol–water partition coefficient (Wildman–Crippen LogP) is 24.0. The van der Waals surface area contributed by atoms with Gasteiger partial charge in [0.05, 0.1) is 60.1 Å². The van der Waals surface area contributed by atoms with E-state index in [1.165, 1.54) is 61.7 Å². The average Bonchev–Trinajstić information content (AvgIpc) is 1.55. The maximum absolute atomic E-state index is 15.2. The summed E-state index contributed by atoms with van der Waals surface area (Å²) < 4.78 is 340. The number of nitrogens with zero attached hydrogens (tertiary/aromatic N) is 1. The Hall–Kier alpha value is -14.3. The molecule has 0 aliphatic carbocycles. The number of methoxy groups -OCH3 is 2. The van der Waals surface area contributed by atoms with Crippen LogP contribution in [0.2, 0.25) is 0 Å². The van der Waals surface area contributed by atoms with Crippen molar-refractivity contribution in [3.8, 4) is 23.0 Å². The van der Waals surface area contributed by atoms with Crippen molar-refractivity contribution in [1.82, 2.24) is 31.5 Å². The van der Waals surface area contributed by atoms with Crippen molar-refractivity contribution in [2.24, 2.45) is 0 Å². The van der Waals surface area contributed by atoms with Crippen molar-refractivity contribution < 1.29 is 149 Å². The minimum absolute atomic E-state index is 0. The van der Waals surface area contributed by atoms with Gasteiger partial charge in [0.15, 0.2) is 17.3 Å². The number of ether oxygens (including phenoxy) is 5. The zero-order chi connectivity index (χ0) is 99.7. The molecule has 1 unspecified atom stereocenters. The molecule has 1 saturated heterocycles. The Morgan fingerprint density at radius 1 is 0.460 bits per heavy atom. The summed E-state index contributed by atoms with van der Waals surface area (Å²) in [4.78, 5) is 66.9. The van der Waals surface area contributed by atoms with Gasteiger partial charge in [-0.05, 0) is 166 Å². The van der Waals surface area contributed by atoms with Gasteiger partial charge in [-0.1, -0.05) is 179 Å². The topological polar surface area (TPSA) is 195 Å². The molecule has 1 aliphatic heterocycles. The van der Waals surface area contributed by atoms with Crippen LogP contribution in [0.5, 0.6) is 23.0 Å². The number of urea groups is 2. The van der Waals surface area contributed by atoms with E-state index in [4.69, 9.17) is 9.47 Å². The molecule has 5 N–H and O–H groups in total. The normalized spacial score (nSPS) is 14.1. The zero-order valence-corrected chi connectivity index (χ0v) is 71.7. The van der Waals surface area contributed by atoms with Crippen LogP contribution in [-0.4, -0.2) is 99.1 Å². The van der Waals surface area contributed by atoms with Crippen LogP contribution in [0, 0.1) is 29.1 Å². The Morgan fingerprint density at radius 2 is 0.927 bits per heavy atom. The third kappa shape index (κ3) is 28.0. The summed E-state index contributed by atoms with van der Waals surface area (Å²) in [6.07, 6.45) is -30.3. The second-order valence-electron chi connectivity index (χ2n) is 30.9. The highest BCUT2D eigenvalue weighted by Gasteiger charge is 2.52. The standard InChI is InChI=1S/C35H28F10N2O3.C33H28F6N2O4.C29H25F7N2O3.CH4/c1-2-3-13-46-31(49)26-17-22(10-12-28(26)37)33(19-20-7-5-4-6-8-20,23-15-24(36)18-25(16-23)50-35(44,45)32(39)40)47-30(48)21-9-11-29(38)27(14-21)34(41,42)43;1-22(43-2)25-16-14-24(15-17-25)21-40-30(42)41-31(20-23-8-4-3-5-9-23,26-10-6-12-28(18-26)44-32(34,35)36)27-11-7-13-29(19-27)45-33(37,38)39;1-17(39)24-15-27(32,33)16-38(24)26(40)37-28(14-18-6-4-3-5-7-18,19-8-9-23(31)25(13-19)41-2)20-10-21(29(34,35)36)12-22(30)11-20;/h4-12,14-18,32H,2-3,13,19H2,1H3,(H,46,49)(H,47,48);3-19H,1,20-21H2,2H3,(H2,40,41,42);3-13,24H,14-16H2,1-2H3,(H,37,40);1H4/t;;24-,28+;/m..0./s1. The Morgan fingerprint density at radius 3 is 1.42 bits per heavy atom. The SMILES string of the molecule is C.C=C(OC)c1ccc(CNC(=O)NC(Cc2ccccc2)(c2cccc(OC(F)(F)F)c2)c2cccc(OC(F)(F)F)c2)cc1.CCCCNC(=O)c1cc(C(Cc2ccccc2)(NC(=O)c2ccc(F)c(C(F)(F)F)c2)c2cc(F)cc(OC(F)(F)C(F)F)c2)ccc1F.COc1cc([C@@](Cc2ccccc2)(NC(=O)N2CC(F)(F)C[C@H]2C(C)=O)c2cc(F)cc(C(F)(F)F)c2)ccc1F. The number of unbranched alkanes of at least 4 members (excludes halogenated alkanes) is 1. The van der Waals surface area contributed by atoms with E-state index in [-0.39, 0.29) is 73.5 Å². The number of Topliss-reactive ketones (excluding diaryl/α,β-unsaturated/α-hetero) is 1. The first-order chi connectivity index (χ1) is 63.9. The molecule has 137 heavy (non-hydrogen) atoms. The summed E-state index contributed by atoms with van der Waals surface area (Å²) in [5.74, 6) is -14.8. The fourth-order valence-electron chi connectivity index (χ4n) is 14.9. The smallest absolute Gasteiger partial charge is 0.497 e. The van der Waals surface area contributed by atoms with E-state index < -0.39 is 195 Å². The third-order valence-corrected chi connectivity index (χ3v) is 21.3. The number of carbonyl (C=O) groups is 5. The number of benzene rings is 11. The molecule has 1 aliphatic rings. The van der Waals surface area contributed by atoms with Crippen molar-refractivity contribution in [2.75, 3.05) is 27.3 Å². The van der Waals surface area contributed by atoms with Crippen LogP contribution < -0.4 is 45.5 Å². The fourth-order valence-corrected chi connectivity index (χ4v) is 14.9. The summed E-state index contributed by atoms with van der Waals surface area (Å²) in [6, 6.07) is 48.5. The molecule has 3 atom stereocenters. The van der Waals surface area contributed by atoms with Gasteiger partial charge < -0.3 is 55.2 Å². The Bertz CT molecular complexity index is 5980. The molecule has 0 spiro atoms. The third-order valence-electron chi connectivity index (χ3n) is 21.3. The van der Waals surface area contributed by atoms with Gasteiger partial charge in [-0.3, -0.25) is 14.4 Å². The minimum atomic E-state index is -5.23. The van der Waals surface area contributed by atoms with Crippen molar-refractivity contribution in [3.05, 3.63) is 374 Å². The van der Waals surface area contributed by atoms with Gasteiger partial charge >= 0.3 is 49.7 Å². The van der Waals surface area contributed by atoms with Crippen LogP contribution >= 0.6 is 0 Å². The van der Waals surface area contributed by atoms with E-state index in [1.807, 2.05) is 6.92 Å². The van der Waals surface area contributed by atoms with Gasteiger partial charge in [0.2, 0.25) is 0 Å². The first-order valence-corrected chi connectivity index (χ1v) is 40.7. The molecule has 12 rings (SSSR count). The molecule has 6 amide bonds. The van der Waals surface area contributed by atoms with Crippen LogP contribution in [0.25, 0.3) is 5.76 Å². The molecule has 39 heteroatoms. The van der Waals surface area contributed by atoms with Crippen molar-refractivity contribution >= 4 is 35.4 Å². The van der Waals surface area contributed by atoms with E-state index in [9.17, 15) is 116 Å². The number of hydrogen-bond donors (Lipinski definition) is 5. The number of halogens is 23. The second-order valence-corrected chi connectivity index (χ2v) is 30.9. The van der Waals surface area contributed by atoms with Crippen molar-refractivity contribution in [2.45, 2.75) is 133 Å². The lowest BCUT2D eigenvalue weighted by Crippen LogP contribution is -2.55. The molecule has 0 saturated carbocycles. The number of hydrogen-bond acceptors (Lipinski definition) is 10. The van der Waals surface area contributed by atoms with E-state index in [1.54, 1.807) is 91.0 Å². The molecule has 0 bridgehead atoms. The number of amides is 6. The highest BCUT2D eigenvalue weighted by Crippen LogP contribution is 2.46. The van der Waals surface area contributed by atoms with Crippen molar-refractivity contribution in [3.63, 3.8) is 0 Å². The summed E-state index contributed by atoms with van der Waals surface area (Å²) in [5.41, 5.74) is -8.68. The molecular formula is C98H85F23N6O10. The molecular weight excluding hydrogens is 1860 g/mol. The lowest BCUT2D eigenvalue weighted by Gasteiger charge is -2.39. The maximum atomic E-state index is 15.2. The first-order valence-electron chi connectivity index (χ1n) is 40.7. The number of rotatable bonds is 31. The van der Waals surface area contributed by atoms with Crippen LogP contribution in [0.1, 0.15) is 134 Å². The Labute approximate surface area is 769 Å². The summed E-state index contributed by atoms with van der Waals surface area (Å²) in [6.45, 7) is 5.71. The lowest BCUT2D eigenvalue weighted by molar-refractivity contribution is -0.275. The summed E-state index contributed by atoms with van der Waals surface area (Å²) >= 11 is 0. The number of nitrogens with one attached hydrogen (secondary N) is 5. The van der Waals surface area contributed by atoms with Gasteiger partial charge in [-0.15, -0.1) is 26.3 Å². The number of alkyl halides is 18. The summed E-state index contributed by atoms with van der Waals surface area (Å²) in [7, 11) is 2.63. The highest BCUT2D eigenvalue weighted by atomic mass is 19.4. The van der Waals surface area contributed by atoms with Gasteiger partial charge in [-0.25, -0.2) is 40.3 Å². The zero-order valence-electron chi connectivity index (χ0n) is 71.7. The average molecular weight is 1940 g/mol. The van der Waals surface area contributed by atoms with E-state index >= 15 is 8.78 Å². The minimum Gasteiger partial charge on any atom is -0.497 e. The molecule has 16 nitrogen and oxygen atoms in total. The molecule has 1 heterocycles. The van der Waals surface area contributed by atoms with Gasteiger partial charge in [-0.2, -0.15) is 43.9 Å². The number of ketones is 1. The molecule has 0 radical (unpaired) electrons. The predicted molar refractivity (Wildman–Crippen MR) is 458 cm³/mol. The van der Waals surface area contributed by atoms with E-state index in [0.717, 1.165) is 80.3 Å². The van der Waals surface area contributed by atoms with Gasteiger partial charge in [0, 0.05) is 56.0 Å². The van der Waals surface area contributed by atoms with Crippen LogP contribution in [-0.2, 0) is 64.3 Å². The molecule has 11 aromatic carbocycles. The van der Waals surface area contributed by atoms with E-state index in [0.29, 0.717) is 82.2 Å². The lowest BCUT2D eigenvalue weighted by atomic mass is 9.77. The Kier molecular flexibility index (Phi) is 34.5.